The molecule has 0 bridgehead atoms. The smallest absolute Gasteiger partial charge is 0.197 e. The number of aliphatic hydroxyl groups is 1. The lowest BCUT2D eigenvalue weighted by atomic mass is 10.1. The van der Waals surface area contributed by atoms with Crippen molar-refractivity contribution in [3.05, 3.63) is 47.4 Å². The summed E-state index contributed by atoms with van der Waals surface area (Å²) in [6.45, 7) is 0.175. The van der Waals surface area contributed by atoms with Gasteiger partial charge in [-0.1, -0.05) is 30.3 Å². The van der Waals surface area contributed by atoms with Crippen molar-refractivity contribution in [1.82, 2.24) is 24.7 Å². The van der Waals surface area contributed by atoms with Crippen molar-refractivity contribution in [2.24, 2.45) is 7.05 Å². The van der Waals surface area contributed by atoms with Crippen LogP contribution in [0, 0.1) is 0 Å². The standard InChI is InChI=1S/C18H17N5O2S2/c1-23-14(8-24)21-22-18(23)27-17-15-12(11-6-4-3-5-7-11)10-26-16(15)19-13(20-17)9-25-2/h3-7,10,24H,8-9H2,1-2H3. The lowest BCUT2D eigenvalue weighted by Gasteiger charge is -2.08. The highest BCUT2D eigenvalue weighted by Gasteiger charge is 2.19. The van der Waals surface area contributed by atoms with Crippen LogP contribution >= 0.6 is 23.1 Å². The zero-order chi connectivity index (χ0) is 18.8. The van der Waals surface area contributed by atoms with Crippen molar-refractivity contribution in [3.8, 4) is 11.1 Å². The number of hydrogen-bond acceptors (Lipinski definition) is 8. The van der Waals surface area contributed by atoms with Gasteiger partial charge in [-0.15, -0.1) is 21.5 Å². The Balaban J connectivity index is 1.87. The zero-order valence-electron chi connectivity index (χ0n) is 14.8. The van der Waals surface area contributed by atoms with Gasteiger partial charge < -0.3 is 14.4 Å². The first-order valence-electron chi connectivity index (χ1n) is 8.20. The number of thiophene rings is 1. The van der Waals surface area contributed by atoms with E-state index < -0.39 is 0 Å². The predicted octanol–water partition coefficient (Wildman–Crippen LogP) is 3.28. The normalized spacial score (nSPS) is 11.4. The summed E-state index contributed by atoms with van der Waals surface area (Å²) >= 11 is 3.00. The number of fused-ring (bicyclic) bond motifs is 1. The van der Waals surface area contributed by atoms with Gasteiger partial charge in [0.15, 0.2) is 16.8 Å². The van der Waals surface area contributed by atoms with E-state index >= 15 is 0 Å². The Morgan fingerprint density at radius 3 is 2.70 bits per heavy atom. The number of nitrogens with zero attached hydrogens (tertiary/aromatic N) is 5. The number of methoxy groups -OCH3 is 1. The van der Waals surface area contributed by atoms with Gasteiger partial charge in [-0.3, -0.25) is 0 Å². The Morgan fingerprint density at radius 2 is 2.00 bits per heavy atom. The van der Waals surface area contributed by atoms with Crippen LogP contribution in [0.3, 0.4) is 0 Å². The lowest BCUT2D eigenvalue weighted by molar-refractivity contribution is 0.177. The van der Waals surface area contributed by atoms with Crippen LogP contribution in [-0.2, 0) is 25.0 Å². The second kappa shape index (κ2) is 7.73. The third-order valence-electron chi connectivity index (χ3n) is 4.06. The molecule has 3 heterocycles. The minimum atomic E-state index is -0.161. The molecule has 1 N–H and O–H groups in total. The number of benzene rings is 1. The molecule has 27 heavy (non-hydrogen) atoms. The van der Waals surface area contributed by atoms with Crippen LogP contribution in [0.4, 0.5) is 0 Å². The van der Waals surface area contributed by atoms with Gasteiger partial charge in [0, 0.05) is 25.1 Å². The molecule has 0 fully saturated rings. The maximum Gasteiger partial charge on any atom is 0.197 e. The van der Waals surface area contributed by atoms with Crippen LogP contribution < -0.4 is 0 Å². The van der Waals surface area contributed by atoms with E-state index in [9.17, 15) is 5.11 Å². The summed E-state index contributed by atoms with van der Waals surface area (Å²) in [6.07, 6.45) is 0. The number of aliphatic hydroxyl groups excluding tert-OH is 1. The monoisotopic (exact) mass is 399 g/mol. The summed E-state index contributed by atoms with van der Waals surface area (Å²) in [5, 5.41) is 22.1. The molecule has 0 amide bonds. The fourth-order valence-electron chi connectivity index (χ4n) is 2.71. The summed E-state index contributed by atoms with van der Waals surface area (Å²) in [5.74, 6) is 1.13. The van der Waals surface area contributed by atoms with Crippen LogP contribution in [0.25, 0.3) is 21.3 Å². The Morgan fingerprint density at radius 1 is 1.19 bits per heavy atom. The average Bonchev–Trinajstić information content (AvgIpc) is 3.27. The average molecular weight is 400 g/mol. The molecule has 0 spiro atoms. The van der Waals surface area contributed by atoms with E-state index in [4.69, 9.17) is 9.72 Å². The molecule has 0 radical (unpaired) electrons. The summed E-state index contributed by atoms with van der Waals surface area (Å²) in [6, 6.07) is 10.2. The molecule has 9 heteroatoms. The van der Waals surface area contributed by atoms with E-state index in [0.29, 0.717) is 23.4 Å². The Bertz CT molecular complexity index is 1080. The van der Waals surface area contributed by atoms with Crippen molar-refractivity contribution in [1.29, 1.82) is 0 Å². The van der Waals surface area contributed by atoms with Crippen molar-refractivity contribution in [2.75, 3.05) is 7.11 Å². The third-order valence-corrected chi connectivity index (χ3v) is 5.96. The molecule has 0 saturated carbocycles. The van der Waals surface area contributed by atoms with Gasteiger partial charge >= 0.3 is 0 Å². The van der Waals surface area contributed by atoms with E-state index in [1.54, 1.807) is 23.0 Å². The third kappa shape index (κ3) is 3.46. The summed E-state index contributed by atoms with van der Waals surface area (Å²) in [7, 11) is 3.45. The second-order valence-corrected chi connectivity index (χ2v) is 7.61. The maximum atomic E-state index is 9.37. The van der Waals surface area contributed by atoms with Gasteiger partial charge in [-0.05, 0) is 17.3 Å². The summed E-state index contributed by atoms with van der Waals surface area (Å²) in [5.41, 5.74) is 2.20. The van der Waals surface area contributed by atoms with Crippen LogP contribution in [0.5, 0.6) is 0 Å². The lowest BCUT2D eigenvalue weighted by Crippen LogP contribution is -2.01. The fourth-order valence-corrected chi connectivity index (χ4v) is 4.69. The first kappa shape index (κ1) is 18.1. The predicted molar refractivity (Wildman–Crippen MR) is 105 cm³/mol. The molecule has 4 aromatic rings. The van der Waals surface area contributed by atoms with Gasteiger partial charge in [-0.2, -0.15) is 0 Å². The van der Waals surface area contributed by atoms with Gasteiger partial charge in [0.25, 0.3) is 0 Å². The van der Waals surface area contributed by atoms with Crippen molar-refractivity contribution in [2.45, 2.75) is 23.4 Å². The topological polar surface area (TPSA) is 86.0 Å². The molecule has 0 saturated heterocycles. The van der Waals surface area contributed by atoms with Crippen molar-refractivity contribution in [3.63, 3.8) is 0 Å². The molecule has 4 rings (SSSR count). The summed E-state index contributed by atoms with van der Waals surface area (Å²) in [4.78, 5) is 10.3. The van der Waals surface area contributed by atoms with Crippen LogP contribution in [-0.4, -0.2) is 36.9 Å². The first-order valence-corrected chi connectivity index (χ1v) is 9.90. The van der Waals surface area contributed by atoms with Gasteiger partial charge in [-0.25, -0.2) is 9.97 Å². The quantitative estimate of drug-likeness (QED) is 0.498. The molecule has 3 aromatic heterocycles. The largest absolute Gasteiger partial charge is 0.388 e. The molecule has 0 aliphatic carbocycles. The fraction of sp³-hybridized carbons (Fsp3) is 0.222. The first-order chi connectivity index (χ1) is 13.2. The second-order valence-electron chi connectivity index (χ2n) is 5.79. The SMILES string of the molecule is COCc1nc(Sc2nnc(CO)n2C)c2c(-c3ccccc3)csc2n1. The number of rotatable bonds is 6. The van der Waals surface area contributed by atoms with E-state index in [-0.39, 0.29) is 6.61 Å². The molecular weight excluding hydrogens is 382 g/mol. The highest BCUT2D eigenvalue weighted by atomic mass is 32.2. The van der Waals surface area contributed by atoms with Crippen LogP contribution in [0.2, 0.25) is 0 Å². The molecule has 138 valence electrons. The maximum absolute atomic E-state index is 9.37. The molecule has 0 atom stereocenters. The molecule has 1 aromatic carbocycles. The molecule has 0 aliphatic heterocycles. The van der Waals surface area contributed by atoms with Crippen molar-refractivity contribution < 1.29 is 9.84 Å². The van der Waals surface area contributed by atoms with Crippen LogP contribution in [0.15, 0.2) is 45.9 Å². The molecular formula is C18H17N5O2S2. The molecule has 7 nitrogen and oxygen atoms in total. The van der Waals surface area contributed by atoms with E-state index in [0.717, 1.165) is 26.4 Å². The summed E-state index contributed by atoms with van der Waals surface area (Å²) < 4.78 is 6.99. The minimum Gasteiger partial charge on any atom is -0.388 e. The number of ether oxygens (including phenoxy) is 1. The van der Waals surface area contributed by atoms with E-state index in [1.807, 2.05) is 25.2 Å². The van der Waals surface area contributed by atoms with E-state index in [1.165, 1.54) is 11.8 Å². The highest BCUT2D eigenvalue weighted by molar-refractivity contribution is 7.99. The molecule has 0 unspecified atom stereocenters. The minimum absolute atomic E-state index is 0.161. The highest BCUT2D eigenvalue weighted by Crippen LogP contribution is 2.40. The Kier molecular flexibility index (Phi) is 5.17. The van der Waals surface area contributed by atoms with Gasteiger partial charge in [0.1, 0.15) is 23.1 Å². The Hall–Kier alpha value is -2.33. The van der Waals surface area contributed by atoms with Gasteiger partial charge in [0.2, 0.25) is 0 Å². The van der Waals surface area contributed by atoms with Crippen molar-refractivity contribution >= 4 is 33.3 Å². The Labute approximate surface area is 164 Å². The van der Waals surface area contributed by atoms with Gasteiger partial charge in [0.05, 0.1) is 5.39 Å². The van der Waals surface area contributed by atoms with E-state index in [2.05, 4.69) is 32.7 Å². The van der Waals surface area contributed by atoms with Crippen LogP contribution in [0.1, 0.15) is 11.6 Å². The zero-order valence-corrected chi connectivity index (χ0v) is 16.4. The number of hydrogen-bond donors (Lipinski definition) is 1. The molecule has 0 aliphatic rings. The number of aromatic nitrogens is 5.